The lowest BCUT2D eigenvalue weighted by Crippen LogP contribution is -2.52. The average molecular weight is 297 g/mol. The highest BCUT2D eigenvalue weighted by molar-refractivity contribution is 8.00. The lowest BCUT2D eigenvalue weighted by Gasteiger charge is -2.39. The van der Waals surface area contributed by atoms with Crippen molar-refractivity contribution in [1.29, 1.82) is 0 Å². The van der Waals surface area contributed by atoms with Crippen LogP contribution in [0.3, 0.4) is 0 Å². The Morgan fingerprint density at radius 2 is 2.06 bits per heavy atom. The maximum Gasteiger partial charge on any atom is 0.421 e. The molecule has 0 spiro atoms. The summed E-state index contributed by atoms with van der Waals surface area (Å²) in [4.78, 5) is 10.9. The van der Waals surface area contributed by atoms with Gasteiger partial charge in [0.15, 0.2) is 0 Å². The highest BCUT2D eigenvalue weighted by Gasteiger charge is 2.37. The van der Waals surface area contributed by atoms with Gasteiger partial charge in [-0.2, -0.15) is 24.5 Å². The number of hydrogen-bond acceptors (Lipinski definition) is 6. The minimum absolute atomic E-state index is 0.0582. The number of nitrogens with two attached hydrogens (primary N) is 1. The summed E-state index contributed by atoms with van der Waals surface area (Å²) >= 11 is 1.67. The van der Waals surface area contributed by atoms with Crippen LogP contribution in [0.25, 0.3) is 0 Å². The van der Waals surface area contributed by atoms with Crippen LogP contribution in [0.1, 0.15) is 12.8 Å². The number of piperidine rings is 1. The van der Waals surface area contributed by atoms with Crippen LogP contribution in [0.2, 0.25) is 0 Å². The molecule has 3 N–H and O–H groups in total. The van der Waals surface area contributed by atoms with Gasteiger partial charge in [0, 0.05) is 24.4 Å². The second kappa shape index (κ2) is 6.09. The molecular weight excluding hydrogens is 278 g/mol. The molecule has 0 radical (unpaired) electrons. The third-order valence-electron chi connectivity index (χ3n) is 3.18. The Morgan fingerprint density at radius 1 is 1.50 bits per heavy atom. The Kier molecular flexibility index (Phi) is 5.26. The molecule has 1 rings (SSSR count). The Hall–Kier alpha value is -0.510. The molecule has 0 unspecified atom stereocenters. The fourth-order valence-corrected chi connectivity index (χ4v) is 3.68. The van der Waals surface area contributed by atoms with Crippen LogP contribution in [0.15, 0.2) is 0 Å². The van der Waals surface area contributed by atoms with Gasteiger partial charge < -0.3 is 10.5 Å². The van der Waals surface area contributed by atoms with Gasteiger partial charge in [-0.15, -0.1) is 0 Å². The Bertz CT molecular complexity index is 385. The summed E-state index contributed by atoms with van der Waals surface area (Å²) in [7, 11) is -2.68. The van der Waals surface area contributed by atoms with E-state index < -0.39 is 16.3 Å². The van der Waals surface area contributed by atoms with Crippen LogP contribution in [-0.4, -0.2) is 56.6 Å². The zero-order valence-corrected chi connectivity index (χ0v) is 12.1. The van der Waals surface area contributed by atoms with Crippen molar-refractivity contribution < 1.29 is 17.9 Å². The topological polar surface area (TPSA) is 102 Å². The van der Waals surface area contributed by atoms with Gasteiger partial charge in [-0.25, -0.2) is 9.52 Å². The predicted octanol–water partition coefficient (Wildman–Crippen LogP) is -0.256. The van der Waals surface area contributed by atoms with Crippen molar-refractivity contribution in [3.63, 3.8) is 0 Å². The molecule has 9 heteroatoms. The van der Waals surface area contributed by atoms with E-state index in [4.69, 9.17) is 5.73 Å². The van der Waals surface area contributed by atoms with E-state index in [-0.39, 0.29) is 4.75 Å². The van der Waals surface area contributed by atoms with Crippen molar-refractivity contribution in [1.82, 2.24) is 9.03 Å². The van der Waals surface area contributed by atoms with Gasteiger partial charge in [0.1, 0.15) is 0 Å². The second-order valence-corrected chi connectivity index (χ2v) is 7.03. The minimum atomic E-state index is -3.80. The summed E-state index contributed by atoms with van der Waals surface area (Å²) in [6, 6.07) is 0. The molecule has 0 aromatic heterocycles. The van der Waals surface area contributed by atoms with E-state index in [1.165, 1.54) is 4.31 Å². The molecule has 1 heterocycles. The largest absolute Gasteiger partial charge is 0.452 e. The van der Waals surface area contributed by atoms with Crippen LogP contribution in [0.5, 0.6) is 0 Å². The molecular formula is C9H19N3O4S2. The molecule has 1 aliphatic rings. The van der Waals surface area contributed by atoms with Crippen molar-refractivity contribution in [2.75, 3.05) is 33.0 Å². The summed E-state index contributed by atoms with van der Waals surface area (Å²) < 4.78 is 30.9. The molecule has 0 aromatic rings. The molecule has 1 aliphatic heterocycles. The maximum absolute atomic E-state index is 11.8. The van der Waals surface area contributed by atoms with Crippen LogP contribution >= 0.6 is 11.8 Å². The van der Waals surface area contributed by atoms with Crippen LogP contribution in [-0.2, 0) is 14.9 Å². The van der Waals surface area contributed by atoms with E-state index in [2.05, 4.69) is 4.74 Å². The van der Waals surface area contributed by atoms with Gasteiger partial charge in [0.2, 0.25) is 0 Å². The smallest absolute Gasteiger partial charge is 0.421 e. The standard InChI is InChI=1S/C9H19N3O4S2/c1-16-8(13)11-18(14,15)12-5-3-9(7-10,17-2)4-6-12/h3-7,10H2,1-2H3,(H,11,13). The molecule has 1 saturated heterocycles. The average Bonchev–Trinajstić information content (AvgIpc) is 2.38. The number of thioether (sulfide) groups is 1. The number of ether oxygens (including phenoxy) is 1. The van der Waals surface area contributed by atoms with Crippen molar-refractivity contribution in [3.05, 3.63) is 0 Å². The van der Waals surface area contributed by atoms with E-state index in [0.29, 0.717) is 32.5 Å². The highest BCUT2D eigenvalue weighted by atomic mass is 32.2. The molecule has 0 atom stereocenters. The molecule has 0 aromatic carbocycles. The molecule has 0 saturated carbocycles. The number of nitrogens with zero attached hydrogens (tertiary/aromatic N) is 1. The zero-order chi connectivity index (χ0) is 13.8. The fourth-order valence-electron chi connectivity index (χ4n) is 1.84. The van der Waals surface area contributed by atoms with E-state index in [1.54, 1.807) is 11.8 Å². The van der Waals surface area contributed by atoms with Crippen molar-refractivity contribution in [2.45, 2.75) is 17.6 Å². The Morgan fingerprint density at radius 3 is 2.44 bits per heavy atom. The first-order valence-electron chi connectivity index (χ1n) is 5.50. The van der Waals surface area contributed by atoms with Crippen molar-refractivity contribution >= 4 is 28.1 Å². The number of rotatable bonds is 4. The van der Waals surface area contributed by atoms with Gasteiger partial charge in [0.05, 0.1) is 7.11 Å². The number of nitrogens with one attached hydrogen (secondary N) is 1. The number of carbonyl (C=O) groups is 1. The first-order valence-corrected chi connectivity index (χ1v) is 8.17. The second-order valence-electron chi connectivity index (χ2n) is 4.09. The van der Waals surface area contributed by atoms with E-state index in [9.17, 15) is 13.2 Å². The summed E-state index contributed by atoms with van der Waals surface area (Å²) in [6.07, 6.45) is 2.35. The Balaban J connectivity index is 2.65. The minimum Gasteiger partial charge on any atom is -0.452 e. The molecule has 0 bridgehead atoms. The number of carbonyl (C=O) groups excluding carboxylic acids is 1. The van der Waals surface area contributed by atoms with E-state index in [0.717, 1.165) is 7.11 Å². The number of methoxy groups -OCH3 is 1. The number of amides is 1. The summed E-state index contributed by atoms with van der Waals surface area (Å²) in [5.41, 5.74) is 5.73. The van der Waals surface area contributed by atoms with Gasteiger partial charge in [0.25, 0.3) is 0 Å². The fraction of sp³-hybridized carbons (Fsp3) is 0.889. The molecule has 106 valence electrons. The van der Waals surface area contributed by atoms with Crippen LogP contribution < -0.4 is 10.5 Å². The summed E-state index contributed by atoms with van der Waals surface area (Å²) in [5.74, 6) is 0. The molecule has 18 heavy (non-hydrogen) atoms. The SMILES string of the molecule is COC(=O)NS(=O)(=O)N1CCC(CN)(SC)CC1. The van der Waals surface area contributed by atoms with Gasteiger partial charge in [-0.1, -0.05) is 0 Å². The summed E-state index contributed by atoms with van der Waals surface area (Å²) in [5, 5.41) is 0. The monoisotopic (exact) mass is 297 g/mol. The summed E-state index contributed by atoms with van der Waals surface area (Å²) in [6.45, 7) is 1.22. The van der Waals surface area contributed by atoms with Gasteiger partial charge >= 0.3 is 16.3 Å². The van der Waals surface area contributed by atoms with Crippen molar-refractivity contribution in [2.24, 2.45) is 5.73 Å². The predicted molar refractivity (Wildman–Crippen MR) is 70.6 cm³/mol. The Labute approximate surface area is 112 Å². The van der Waals surface area contributed by atoms with E-state index >= 15 is 0 Å². The molecule has 1 fully saturated rings. The van der Waals surface area contributed by atoms with Gasteiger partial charge in [-0.3, -0.25) is 0 Å². The quantitative estimate of drug-likeness (QED) is 0.741. The highest BCUT2D eigenvalue weighted by Crippen LogP contribution is 2.33. The number of hydrogen-bond donors (Lipinski definition) is 2. The van der Waals surface area contributed by atoms with E-state index in [1.807, 2.05) is 11.0 Å². The third-order valence-corrected chi connectivity index (χ3v) is 6.09. The van der Waals surface area contributed by atoms with Crippen LogP contribution in [0.4, 0.5) is 4.79 Å². The maximum atomic E-state index is 11.8. The van der Waals surface area contributed by atoms with Gasteiger partial charge in [-0.05, 0) is 19.1 Å². The normalized spacial score (nSPS) is 20.4. The lowest BCUT2D eigenvalue weighted by atomic mass is 9.97. The first-order chi connectivity index (χ1) is 8.39. The first kappa shape index (κ1) is 15.5. The molecule has 1 amide bonds. The molecule has 0 aliphatic carbocycles. The lowest BCUT2D eigenvalue weighted by molar-refractivity contribution is 0.176. The zero-order valence-electron chi connectivity index (χ0n) is 10.5. The third kappa shape index (κ3) is 3.50. The molecule has 7 nitrogen and oxygen atoms in total. The van der Waals surface area contributed by atoms with Crippen molar-refractivity contribution in [3.8, 4) is 0 Å². The van der Waals surface area contributed by atoms with Crippen LogP contribution in [0, 0.1) is 0 Å².